The van der Waals surface area contributed by atoms with Crippen LogP contribution in [-0.2, 0) is 10.0 Å². The minimum absolute atomic E-state index is 0.115. The molecule has 0 amide bonds. The number of nitrogens with two attached hydrogens (primary N) is 1. The lowest BCUT2D eigenvalue weighted by Gasteiger charge is -2.21. The lowest BCUT2D eigenvalue weighted by atomic mass is 10.4. The highest BCUT2D eigenvalue weighted by molar-refractivity contribution is 7.89. The topological polar surface area (TPSA) is 63.4 Å². The summed E-state index contributed by atoms with van der Waals surface area (Å²) < 4.78 is 26.5. The fourth-order valence-electron chi connectivity index (χ4n) is 1.81. The number of sulfonamides is 1. The van der Waals surface area contributed by atoms with Crippen molar-refractivity contribution in [3.8, 4) is 0 Å². The van der Waals surface area contributed by atoms with Crippen molar-refractivity contribution in [3.63, 3.8) is 0 Å². The minimum atomic E-state index is -3.42. The Bertz CT molecular complexity index is 524. The highest BCUT2D eigenvalue weighted by Crippen LogP contribution is 2.32. The van der Waals surface area contributed by atoms with Gasteiger partial charge >= 0.3 is 0 Å². The summed E-state index contributed by atoms with van der Waals surface area (Å²) >= 11 is 4.82. The number of thiocarbonyl (C=S) groups is 1. The molecular formula is C12H16N2O2S2. The van der Waals surface area contributed by atoms with Crippen LogP contribution < -0.4 is 5.73 Å². The number of benzene rings is 1. The molecule has 1 aliphatic rings. The zero-order chi connectivity index (χ0) is 13.2. The monoisotopic (exact) mass is 284 g/mol. The Kier molecular flexibility index (Phi) is 3.99. The van der Waals surface area contributed by atoms with E-state index < -0.39 is 10.0 Å². The fraction of sp³-hybridized carbons (Fsp3) is 0.417. The normalized spacial score (nSPS) is 15.8. The first-order valence-corrected chi connectivity index (χ1v) is 7.72. The Morgan fingerprint density at radius 1 is 1.33 bits per heavy atom. The first kappa shape index (κ1) is 13.5. The van der Waals surface area contributed by atoms with Gasteiger partial charge in [-0.25, -0.2) is 8.42 Å². The van der Waals surface area contributed by atoms with E-state index in [-0.39, 0.29) is 6.04 Å². The van der Waals surface area contributed by atoms with E-state index in [0.717, 1.165) is 12.8 Å². The van der Waals surface area contributed by atoms with E-state index in [1.165, 1.54) is 4.31 Å². The van der Waals surface area contributed by atoms with Crippen LogP contribution in [0.2, 0.25) is 0 Å². The first-order chi connectivity index (χ1) is 8.51. The zero-order valence-corrected chi connectivity index (χ0v) is 11.6. The predicted octanol–water partition coefficient (Wildman–Crippen LogP) is 1.52. The Morgan fingerprint density at radius 2 is 1.94 bits per heavy atom. The third-order valence-corrected chi connectivity index (χ3v) is 5.05. The lowest BCUT2D eigenvalue weighted by Crippen LogP contribution is -2.35. The molecule has 0 bridgehead atoms. The molecule has 1 aliphatic carbocycles. The molecule has 1 saturated carbocycles. The Morgan fingerprint density at radius 3 is 2.44 bits per heavy atom. The molecule has 0 radical (unpaired) electrons. The molecular weight excluding hydrogens is 268 g/mol. The van der Waals surface area contributed by atoms with Crippen LogP contribution >= 0.6 is 12.2 Å². The summed E-state index contributed by atoms with van der Waals surface area (Å²) in [5, 5.41) is 0. The van der Waals surface area contributed by atoms with Crippen LogP contribution in [-0.4, -0.2) is 30.3 Å². The van der Waals surface area contributed by atoms with Crippen LogP contribution in [0.1, 0.15) is 19.3 Å². The molecule has 0 saturated heterocycles. The maximum atomic E-state index is 12.5. The van der Waals surface area contributed by atoms with Gasteiger partial charge in [0.2, 0.25) is 10.0 Å². The van der Waals surface area contributed by atoms with Crippen molar-refractivity contribution in [3.05, 3.63) is 30.3 Å². The van der Waals surface area contributed by atoms with E-state index in [2.05, 4.69) is 0 Å². The van der Waals surface area contributed by atoms with Crippen molar-refractivity contribution in [2.24, 2.45) is 5.73 Å². The van der Waals surface area contributed by atoms with Crippen molar-refractivity contribution >= 4 is 27.2 Å². The van der Waals surface area contributed by atoms with E-state index in [1.807, 2.05) is 0 Å². The fourth-order valence-corrected chi connectivity index (χ4v) is 3.61. The molecule has 0 heterocycles. The number of nitrogens with zero attached hydrogens (tertiary/aromatic N) is 1. The second kappa shape index (κ2) is 5.34. The number of rotatable bonds is 6. The summed E-state index contributed by atoms with van der Waals surface area (Å²) in [6.45, 7) is 0.372. The van der Waals surface area contributed by atoms with Crippen LogP contribution in [0.15, 0.2) is 35.2 Å². The van der Waals surface area contributed by atoms with Gasteiger partial charge in [-0.2, -0.15) is 4.31 Å². The summed E-state index contributed by atoms with van der Waals surface area (Å²) in [5.74, 6) is 0. The molecule has 1 fully saturated rings. The Hall–Kier alpha value is -0.980. The third-order valence-electron chi connectivity index (χ3n) is 2.88. The van der Waals surface area contributed by atoms with Crippen LogP contribution in [0.4, 0.5) is 0 Å². The molecule has 2 rings (SSSR count). The molecule has 0 aliphatic heterocycles. The molecule has 0 aromatic heterocycles. The molecule has 0 spiro atoms. The first-order valence-electron chi connectivity index (χ1n) is 5.87. The zero-order valence-electron chi connectivity index (χ0n) is 9.95. The molecule has 4 nitrogen and oxygen atoms in total. The SMILES string of the molecule is NC(=S)CCN(C1CC1)S(=O)(=O)c1ccccc1. The molecule has 98 valence electrons. The van der Waals surface area contributed by atoms with Gasteiger partial charge in [-0.15, -0.1) is 0 Å². The second-order valence-corrected chi connectivity index (χ2v) is 6.79. The smallest absolute Gasteiger partial charge is 0.243 e. The molecule has 0 unspecified atom stereocenters. The maximum absolute atomic E-state index is 12.5. The van der Waals surface area contributed by atoms with Gasteiger partial charge < -0.3 is 5.73 Å². The van der Waals surface area contributed by atoms with Gasteiger partial charge in [-0.1, -0.05) is 30.4 Å². The van der Waals surface area contributed by atoms with Crippen molar-refractivity contribution in [2.45, 2.75) is 30.2 Å². The molecule has 1 aromatic carbocycles. The number of hydrogen-bond donors (Lipinski definition) is 1. The Balaban J connectivity index is 2.22. The van der Waals surface area contributed by atoms with E-state index in [4.69, 9.17) is 18.0 Å². The van der Waals surface area contributed by atoms with Gasteiger partial charge in [0.25, 0.3) is 0 Å². The predicted molar refractivity (Wildman–Crippen MR) is 74.8 cm³/mol. The van der Waals surface area contributed by atoms with Crippen LogP contribution in [0.25, 0.3) is 0 Å². The highest BCUT2D eigenvalue weighted by atomic mass is 32.2. The largest absolute Gasteiger partial charge is 0.393 e. The summed E-state index contributed by atoms with van der Waals surface area (Å²) in [5.41, 5.74) is 5.45. The Labute approximate surface area is 113 Å². The summed E-state index contributed by atoms with van der Waals surface area (Å²) in [6, 6.07) is 8.60. The van der Waals surface area contributed by atoms with Crippen molar-refractivity contribution in [2.75, 3.05) is 6.54 Å². The van der Waals surface area contributed by atoms with Gasteiger partial charge in [0.15, 0.2) is 0 Å². The van der Waals surface area contributed by atoms with E-state index in [1.54, 1.807) is 30.3 Å². The van der Waals surface area contributed by atoms with Crippen molar-refractivity contribution in [1.29, 1.82) is 0 Å². The molecule has 0 atom stereocenters. The number of hydrogen-bond acceptors (Lipinski definition) is 3. The van der Waals surface area contributed by atoms with Crippen LogP contribution in [0, 0.1) is 0 Å². The van der Waals surface area contributed by atoms with Crippen molar-refractivity contribution in [1.82, 2.24) is 4.31 Å². The summed E-state index contributed by atoms with van der Waals surface area (Å²) in [6.07, 6.45) is 2.27. The van der Waals surface area contributed by atoms with Crippen LogP contribution in [0.3, 0.4) is 0 Å². The lowest BCUT2D eigenvalue weighted by molar-refractivity contribution is 0.413. The quantitative estimate of drug-likeness (QED) is 0.804. The standard InChI is InChI=1S/C12H16N2O2S2/c13-12(17)8-9-14(10-6-7-10)18(15,16)11-4-2-1-3-5-11/h1-5,10H,6-9H2,(H2,13,17). The average molecular weight is 284 g/mol. The van der Waals surface area contributed by atoms with E-state index >= 15 is 0 Å². The second-order valence-electron chi connectivity index (χ2n) is 4.38. The van der Waals surface area contributed by atoms with Gasteiger partial charge in [0, 0.05) is 19.0 Å². The van der Waals surface area contributed by atoms with Gasteiger partial charge in [-0.3, -0.25) is 0 Å². The third kappa shape index (κ3) is 3.07. The average Bonchev–Trinajstić information content (AvgIpc) is 3.14. The molecule has 6 heteroatoms. The maximum Gasteiger partial charge on any atom is 0.243 e. The van der Waals surface area contributed by atoms with Gasteiger partial charge in [0.05, 0.1) is 9.88 Å². The minimum Gasteiger partial charge on any atom is -0.393 e. The van der Waals surface area contributed by atoms with Gasteiger partial charge in [-0.05, 0) is 25.0 Å². The highest BCUT2D eigenvalue weighted by Gasteiger charge is 2.37. The molecule has 1 aromatic rings. The van der Waals surface area contributed by atoms with E-state index in [9.17, 15) is 8.42 Å². The molecule has 18 heavy (non-hydrogen) atoms. The van der Waals surface area contributed by atoms with Crippen LogP contribution in [0.5, 0.6) is 0 Å². The summed E-state index contributed by atoms with van der Waals surface area (Å²) in [7, 11) is -3.42. The summed E-state index contributed by atoms with van der Waals surface area (Å²) in [4.78, 5) is 0.684. The van der Waals surface area contributed by atoms with E-state index in [0.29, 0.717) is 22.8 Å². The van der Waals surface area contributed by atoms with Gasteiger partial charge in [0.1, 0.15) is 0 Å². The molecule has 2 N–H and O–H groups in total. The van der Waals surface area contributed by atoms with Crippen molar-refractivity contribution < 1.29 is 8.42 Å².